The molecule has 0 saturated heterocycles. The molecule has 1 N–H and O–H groups in total. The van der Waals surface area contributed by atoms with Crippen molar-refractivity contribution in [3.05, 3.63) is 33.8 Å². The van der Waals surface area contributed by atoms with E-state index in [2.05, 4.69) is 0 Å². The molecule has 86 valence electrons. The molecule has 0 bridgehead atoms. The van der Waals surface area contributed by atoms with Gasteiger partial charge in [-0.1, -0.05) is 29.3 Å². The molecule has 3 nitrogen and oxygen atoms in total. The van der Waals surface area contributed by atoms with E-state index >= 15 is 0 Å². The predicted molar refractivity (Wildman–Crippen MR) is 64.5 cm³/mol. The van der Waals surface area contributed by atoms with Crippen LogP contribution >= 0.6 is 23.2 Å². The summed E-state index contributed by atoms with van der Waals surface area (Å²) in [5.41, 5.74) is 0.624. The van der Waals surface area contributed by atoms with Crippen LogP contribution in [0.2, 0.25) is 10.0 Å². The van der Waals surface area contributed by atoms with E-state index in [4.69, 9.17) is 33.3 Å². The van der Waals surface area contributed by atoms with Crippen LogP contribution in [0.15, 0.2) is 18.2 Å². The van der Waals surface area contributed by atoms with Gasteiger partial charge in [0.15, 0.2) is 0 Å². The molecule has 0 aliphatic rings. The van der Waals surface area contributed by atoms with Crippen LogP contribution in [0.1, 0.15) is 18.9 Å². The summed E-state index contributed by atoms with van der Waals surface area (Å²) in [4.78, 5) is 11.2. The summed E-state index contributed by atoms with van der Waals surface area (Å²) in [7, 11) is 0. The average molecular weight is 260 g/mol. The monoisotopic (exact) mass is 259 g/mol. The first kappa shape index (κ1) is 13.0. The summed E-state index contributed by atoms with van der Waals surface area (Å²) in [6.45, 7) is 2.03. The van der Waals surface area contributed by atoms with E-state index in [1.165, 1.54) is 6.07 Å². The number of rotatable bonds is 4. The lowest BCUT2D eigenvalue weighted by Gasteiger charge is -2.06. The third-order valence-electron chi connectivity index (χ3n) is 1.88. The quantitative estimate of drug-likeness (QED) is 0.666. The fourth-order valence-corrected chi connectivity index (χ4v) is 1.71. The molecule has 1 aromatic carbocycles. The maximum atomic E-state index is 11.2. The second-order valence-corrected chi connectivity index (χ2v) is 3.93. The Balaban J connectivity index is 2.77. The van der Waals surface area contributed by atoms with Crippen LogP contribution in [0.5, 0.6) is 0 Å². The molecular formula is C11H11Cl2NO2. The van der Waals surface area contributed by atoms with Crippen molar-refractivity contribution in [2.45, 2.75) is 13.3 Å². The van der Waals surface area contributed by atoms with Crippen molar-refractivity contribution in [3.8, 4) is 0 Å². The molecule has 0 saturated carbocycles. The highest BCUT2D eigenvalue weighted by Gasteiger charge is 2.12. The smallest absolute Gasteiger partial charge is 0.311 e. The highest BCUT2D eigenvalue weighted by Crippen LogP contribution is 2.22. The molecule has 0 amide bonds. The topological polar surface area (TPSA) is 50.2 Å². The Morgan fingerprint density at radius 2 is 2.12 bits per heavy atom. The molecule has 0 atom stereocenters. The van der Waals surface area contributed by atoms with Gasteiger partial charge in [0.05, 0.1) is 23.8 Å². The lowest BCUT2D eigenvalue weighted by atomic mass is 10.1. The molecule has 5 heteroatoms. The normalized spacial score (nSPS) is 9.94. The summed E-state index contributed by atoms with van der Waals surface area (Å²) in [5.74, 6) is -0.432. The fourth-order valence-electron chi connectivity index (χ4n) is 1.19. The van der Waals surface area contributed by atoms with E-state index in [0.717, 1.165) is 0 Å². The van der Waals surface area contributed by atoms with Crippen LogP contribution in [0.3, 0.4) is 0 Å². The maximum Gasteiger partial charge on any atom is 0.311 e. The number of nitrogens with one attached hydrogen (secondary N) is 1. The van der Waals surface area contributed by atoms with Crippen molar-refractivity contribution in [1.29, 1.82) is 5.41 Å². The van der Waals surface area contributed by atoms with Crippen molar-refractivity contribution < 1.29 is 9.53 Å². The van der Waals surface area contributed by atoms with Gasteiger partial charge in [0, 0.05) is 10.6 Å². The van der Waals surface area contributed by atoms with Crippen molar-refractivity contribution >= 4 is 34.9 Å². The predicted octanol–water partition coefficient (Wildman–Crippen LogP) is 3.31. The summed E-state index contributed by atoms with van der Waals surface area (Å²) in [5, 5.41) is 8.58. The molecule has 0 aliphatic carbocycles. The Labute approximate surface area is 104 Å². The summed E-state index contributed by atoms with van der Waals surface area (Å²) in [6.07, 6.45) is -0.0881. The lowest BCUT2D eigenvalue weighted by molar-refractivity contribution is -0.141. The minimum Gasteiger partial charge on any atom is -0.466 e. The van der Waals surface area contributed by atoms with E-state index < -0.39 is 5.97 Å². The van der Waals surface area contributed by atoms with Crippen molar-refractivity contribution in [3.63, 3.8) is 0 Å². The van der Waals surface area contributed by atoms with E-state index in [9.17, 15) is 4.79 Å². The van der Waals surface area contributed by atoms with Crippen molar-refractivity contribution in [2.24, 2.45) is 0 Å². The highest BCUT2D eigenvalue weighted by atomic mass is 35.5. The van der Waals surface area contributed by atoms with Crippen LogP contribution in [0, 0.1) is 5.41 Å². The molecule has 0 unspecified atom stereocenters. The van der Waals surface area contributed by atoms with Gasteiger partial charge in [0.1, 0.15) is 0 Å². The zero-order valence-electron chi connectivity index (χ0n) is 8.72. The summed E-state index contributed by atoms with van der Waals surface area (Å²) < 4.78 is 4.75. The van der Waals surface area contributed by atoms with E-state index in [0.29, 0.717) is 22.2 Å². The first-order valence-electron chi connectivity index (χ1n) is 4.73. The van der Waals surface area contributed by atoms with Gasteiger partial charge < -0.3 is 10.1 Å². The number of benzene rings is 1. The minimum absolute atomic E-state index is 0.0881. The first-order chi connectivity index (χ1) is 7.54. The molecule has 0 aromatic heterocycles. The van der Waals surface area contributed by atoms with Gasteiger partial charge in [-0.05, 0) is 19.1 Å². The highest BCUT2D eigenvalue weighted by molar-refractivity contribution is 6.37. The molecule has 16 heavy (non-hydrogen) atoms. The van der Waals surface area contributed by atoms with Crippen LogP contribution in [-0.4, -0.2) is 18.3 Å². The van der Waals surface area contributed by atoms with Gasteiger partial charge in [-0.25, -0.2) is 0 Å². The molecule has 0 aliphatic heterocycles. The number of ether oxygens (including phenoxy) is 1. The van der Waals surface area contributed by atoms with Gasteiger partial charge >= 0.3 is 5.97 Å². The standard InChI is InChI=1S/C11H11Cl2NO2/c1-2-16-11(15)6-10(14)8-4-3-7(12)5-9(8)13/h3-5,14H,2,6H2,1H3. The van der Waals surface area contributed by atoms with Gasteiger partial charge in [-0.3, -0.25) is 4.79 Å². The molecule has 0 radical (unpaired) electrons. The molecular weight excluding hydrogens is 249 g/mol. The van der Waals surface area contributed by atoms with Crippen LogP contribution in [-0.2, 0) is 9.53 Å². The van der Waals surface area contributed by atoms with Crippen molar-refractivity contribution in [1.82, 2.24) is 0 Å². The maximum absolute atomic E-state index is 11.2. The number of esters is 1. The number of hydrogen-bond acceptors (Lipinski definition) is 3. The zero-order chi connectivity index (χ0) is 12.1. The Bertz CT molecular complexity index is 418. The van der Waals surface area contributed by atoms with Gasteiger partial charge in [-0.15, -0.1) is 0 Å². The Morgan fingerprint density at radius 1 is 1.44 bits per heavy atom. The summed E-state index contributed by atoms with van der Waals surface area (Å²) in [6, 6.07) is 4.78. The minimum atomic E-state index is -0.432. The molecule has 1 rings (SSSR count). The fraction of sp³-hybridized carbons (Fsp3) is 0.273. The van der Waals surface area contributed by atoms with Crippen LogP contribution < -0.4 is 0 Å². The largest absolute Gasteiger partial charge is 0.466 e. The Morgan fingerprint density at radius 3 is 2.69 bits per heavy atom. The molecule has 0 spiro atoms. The molecule has 0 fully saturated rings. The third-order valence-corrected chi connectivity index (χ3v) is 2.43. The van der Waals surface area contributed by atoms with Gasteiger partial charge in [0.25, 0.3) is 0 Å². The van der Waals surface area contributed by atoms with Crippen LogP contribution in [0.25, 0.3) is 0 Å². The van der Waals surface area contributed by atoms with Gasteiger partial charge in [-0.2, -0.15) is 0 Å². The molecule has 0 heterocycles. The number of carbonyl (C=O) groups excluding carboxylic acids is 1. The average Bonchev–Trinajstić information content (AvgIpc) is 2.17. The molecule has 1 aromatic rings. The van der Waals surface area contributed by atoms with Gasteiger partial charge in [0.2, 0.25) is 0 Å². The van der Waals surface area contributed by atoms with Crippen LogP contribution in [0.4, 0.5) is 0 Å². The third kappa shape index (κ3) is 3.51. The SMILES string of the molecule is CCOC(=O)CC(=N)c1ccc(Cl)cc1Cl. The van der Waals surface area contributed by atoms with E-state index in [1.54, 1.807) is 19.1 Å². The second kappa shape index (κ2) is 5.87. The zero-order valence-corrected chi connectivity index (χ0v) is 10.2. The number of carbonyl (C=O) groups is 1. The summed E-state index contributed by atoms with van der Waals surface area (Å²) >= 11 is 11.6. The van der Waals surface area contributed by atoms with E-state index in [-0.39, 0.29) is 12.1 Å². The van der Waals surface area contributed by atoms with Crippen molar-refractivity contribution in [2.75, 3.05) is 6.61 Å². The lowest BCUT2D eigenvalue weighted by Crippen LogP contribution is -2.11. The Kier molecular flexibility index (Phi) is 4.77. The number of hydrogen-bond donors (Lipinski definition) is 1. The Hall–Kier alpha value is -1.06. The number of halogens is 2. The first-order valence-corrected chi connectivity index (χ1v) is 5.48. The second-order valence-electron chi connectivity index (χ2n) is 3.08. The van der Waals surface area contributed by atoms with E-state index in [1.807, 2.05) is 0 Å².